The third kappa shape index (κ3) is 2.19. The minimum Gasteiger partial charge on any atom is -0.354 e. The zero-order valence-electron chi connectivity index (χ0n) is 8.88. The molecule has 1 heterocycles. The number of nitrogens with zero attached hydrogens (tertiary/aromatic N) is 2. The number of hydrogen-bond donors (Lipinski definition) is 1. The van der Waals surface area contributed by atoms with Gasteiger partial charge in [-0.1, -0.05) is 0 Å². The maximum Gasteiger partial charge on any atom is 0.185 e. The molecule has 0 unspecified atom stereocenters. The van der Waals surface area contributed by atoms with Gasteiger partial charge in [-0.05, 0) is 20.9 Å². The number of anilines is 1. The van der Waals surface area contributed by atoms with Gasteiger partial charge in [-0.25, -0.2) is 4.98 Å². The van der Waals surface area contributed by atoms with Crippen LogP contribution in [0.5, 0.6) is 0 Å². The van der Waals surface area contributed by atoms with Crippen LogP contribution >= 0.6 is 11.3 Å². The second-order valence-corrected chi connectivity index (χ2v) is 4.62. The molecule has 0 saturated carbocycles. The molecule has 1 aromatic rings. The largest absolute Gasteiger partial charge is 0.354 e. The van der Waals surface area contributed by atoms with E-state index in [4.69, 9.17) is 0 Å². The van der Waals surface area contributed by atoms with Crippen molar-refractivity contribution in [2.75, 3.05) is 26.0 Å². The number of thiazole rings is 1. The smallest absolute Gasteiger partial charge is 0.185 e. The van der Waals surface area contributed by atoms with Crippen LogP contribution in [0.25, 0.3) is 0 Å². The second kappa shape index (κ2) is 3.64. The van der Waals surface area contributed by atoms with Gasteiger partial charge in [0.2, 0.25) is 0 Å². The third-order valence-corrected chi connectivity index (χ3v) is 3.15. The van der Waals surface area contributed by atoms with Crippen molar-refractivity contribution in [3.8, 4) is 0 Å². The lowest BCUT2D eigenvalue weighted by atomic mass is 10.0. The highest BCUT2D eigenvalue weighted by Gasteiger charge is 2.21. The monoisotopic (exact) mass is 199 g/mol. The number of rotatable bonds is 3. The highest BCUT2D eigenvalue weighted by atomic mass is 32.1. The van der Waals surface area contributed by atoms with E-state index in [0.29, 0.717) is 0 Å². The Morgan fingerprint density at radius 2 is 2.08 bits per heavy atom. The van der Waals surface area contributed by atoms with Crippen LogP contribution in [-0.2, 0) is 5.54 Å². The fourth-order valence-electron chi connectivity index (χ4n) is 0.885. The summed E-state index contributed by atoms with van der Waals surface area (Å²) >= 11 is 1.67. The zero-order chi connectivity index (χ0) is 10.1. The Balaban J connectivity index is 2.91. The van der Waals surface area contributed by atoms with Gasteiger partial charge in [-0.3, -0.25) is 0 Å². The normalized spacial score (nSPS) is 11.8. The summed E-state index contributed by atoms with van der Waals surface area (Å²) in [5.41, 5.74) is 1.06. The van der Waals surface area contributed by atoms with Crippen molar-refractivity contribution < 1.29 is 0 Å². The molecule has 0 bridgehead atoms. The molecule has 74 valence electrons. The van der Waals surface area contributed by atoms with E-state index in [9.17, 15) is 0 Å². The molecule has 3 nitrogen and oxygen atoms in total. The maximum absolute atomic E-state index is 4.53. The molecule has 0 atom stereocenters. The lowest BCUT2D eigenvalue weighted by molar-refractivity contribution is 0.434. The number of hydrogen-bond acceptors (Lipinski definition) is 4. The average Bonchev–Trinajstić information content (AvgIpc) is 2.52. The first-order valence-electron chi connectivity index (χ1n) is 4.29. The standard InChI is InChI=1S/C9H17N3S/c1-9(2,10-3)7-6-13-8(11-7)12(4)5/h6,10H,1-5H3. The quantitative estimate of drug-likeness (QED) is 0.802. The topological polar surface area (TPSA) is 28.2 Å². The van der Waals surface area contributed by atoms with Crippen LogP contribution in [-0.4, -0.2) is 26.1 Å². The van der Waals surface area contributed by atoms with Crippen molar-refractivity contribution >= 4 is 16.5 Å². The highest BCUT2D eigenvalue weighted by molar-refractivity contribution is 7.13. The van der Waals surface area contributed by atoms with E-state index in [2.05, 4.69) is 29.5 Å². The van der Waals surface area contributed by atoms with Gasteiger partial charge < -0.3 is 10.2 Å². The molecule has 0 radical (unpaired) electrons. The van der Waals surface area contributed by atoms with Crippen molar-refractivity contribution in [3.63, 3.8) is 0 Å². The average molecular weight is 199 g/mol. The molecule has 4 heteroatoms. The molecule has 1 aromatic heterocycles. The molecule has 0 aromatic carbocycles. The fourth-order valence-corrected chi connectivity index (χ4v) is 1.81. The van der Waals surface area contributed by atoms with Gasteiger partial charge in [-0.15, -0.1) is 11.3 Å². The Hall–Kier alpha value is -0.610. The van der Waals surface area contributed by atoms with Crippen LogP contribution < -0.4 is 10.2 Å². The van der Waals surface area contributed by atoms with Crippen LogP contribution in [0.2, 0.25) is 0 Å². The Labute approximate surface area is 83.8 Å². The van der Waals surface area contributed by atoms with E-state index >= 15 is 0 Å². The van der Waals surface area contributed by atoms with E-state index in [1.807, 2.05) is 26.0 Å². The van der Waals surface area contributed by atoms with E-state index in [1.54, 1.807) is 11.3 Å². The van der Waals surface area contributed by atoms with Crippen LogP contribution in [0.15, 0.2) is 5.38 Å². The number of aromatic nitrogens is 1. The molecule has 1 rings (SSSR count). The summed E-state index contributed by atoms with van der Waals surface area (Å²) in [5, 5.41) is 6.39. The third-order valence-electron chi connectivity index (χ3n) is 2.14. The van der Waals surface area contributed by atoms with Crippen molar-refractivity contribution in [3.05, 3.63) is 11.1 Å². The fraction of sp³-hybridized carbons (Fsp3) is 0.667. The Kier molecular flexibility index (Phi) is 2.93. The van der Waals surface area contributed by atoms with E-state index in [-0.39, 0.29) is 5.54 Å². The lowest BCUT2D eigenvalue weighted by Crippen LogP contribution is -2.33. The van der Waals surface area contributed by atoms with Gasteiger partial charge in [-0.2, -0.15) is 0 Å². The molecule has 0 aliphatic carbocycles. The Morgan fingerprint density at radius 1 is 1.46 bits per heavy atom. The van der Waals surface area contributed by atoms with Crippen LogP contribution in [0.3, 0.4) is 0 Å². The van der Waals surface area contributed by atoms with Crippen LogP contribution in [0, 0.1) is 0 Å². The predicted octanol–water partition coefficient (Wildman–Crippen LogP) is 1.66. The van der Waals surface area contributed by atoms with Crippen LogP contribution in [0.1, 0.15) is 19.5 Å². The Morgan fingerprint density at radius 3 is 2.46 bits per heavy atom. The van der Waals surface area contributed by atoms with E-state index in [0.717, 1.165) is 10.8 Å². The maximum atomic E-state index is 4.53. The molecule has 0 saturated heterocycles. The second-order valence-electron chi connectivity index (χ2n) is 3.78. The molecule has 0 spiro atoms. The summed E-state index contributed by atoms with van der Waals surface area (Å²) in [6.07, 6.45) is 0. The van der Waals surface area contributed by atoms with Gasteiger partial charge in [0.15, 0.2) is 5.13 Å². The predicted molar refractivity (Wildman–Crippen MR) is 58.5 cm³/mol. The molecule has 0 aliphatic rings. The molecular formula is C9H17N3S. The van der Waals surface area contributed by atoms with Gasteiger partial charge in [0, 0.05) is 19.5 Å². The Bertz CT molecular complexity index is 278. The van der Waals surface area contributed by atoms with Gasteiger partial charge in [0.1, 0.15) is 0 Å². The molecule has 0 amide bonds. The minimum absolute atomic E-state index is 0.0369. The zero-order valence-corrected chi connectivity index (χ0v) is 9.70. The van der Waals surface area contributed by atoms with Crippen molar-refractivity contribution in [2.45, 2.75) is 19.4 Å². The number of nitrogens with one attached hydrogen (secondary N) is 1. The van der Waals surface area contributed by atoms with Gasteiger partial charge in [0.05, 0.1) is 11.2 Å². The van der Waals surface area contributed by atoms with Crippen molar-refractivity contribution in [1.29, 1.82) is 0 Å². The molecular weight excluding hydrogens is 182 g/mol. The van der Waals surface area contributed by atoms with E-state index < -0.39 is 0 Å². The first kappa shape index (κ1) is 10.5. The molecule has 0 aliphatic heterocycles. The minimum atomic E-state index is -0.0369. The summed E-state index contributed by atoms with van der Waals surface area (Å²) in [7, 11) is 5.97. The van der Waals surface area contributed by atoms with E-state index in [1.165, 1.54) is 0 Å². The molecule has 13 heavy (non-hydrogen) atoms. The van der Waals surface area contributed by atoms with Gasteiger partial charge in [0.25, 0.3) is 0 Å². The molecule has 0 fully saturated rings. The highest BCUT2D eigenvalue weighted by Crippen LogP contribution is 2.25. The SMILES string of the molecule is CNC(C)(C)c1csc(N(C)C)n1. The summed E-state index contributed by atoms with van der Waals surface area (Å²) in [6, 6.07) is 0. The first-order valence-corrected chi connectivity index (χ1v) is 5.17. The van der Waals surface area contributed by atoms with Crippen LogP contribution in [0.4, 0.5) is 5.13 Å². The summed E-state index contributed by atoms with van der Waals surface area (Å²) in [4.78, 5) is 6.56. The summed E-state index contributed by atoms with van der Waals surface area (Å²) in [6.45, 7) is 4.25. The molecule has 1 N–H and O–H groups in total. The summed E-state index contributed by atoms with van der Waals surface area (Å²) < 4.78 is 0. The van der Waals surface area contributed by atoms with Crippen molar-refractivity contribution in [1.82, 2.24) is 10.3 Å². The van der Waals surface area contributed by atoms with Crippen molar-refractivity contribution in [2.24, 2.45) is 0 Å². The first-order chi connectivity index (χ1) is 5.97. The lowest BCUT2D eigenvalue weighted by Gasteiger charge is -2.21. The summed E-state index contributed by atoms with van der Waals surface area (Å²) in [5.74, 6) is 0. The van der Waals surface area contributed by atoms with Gasteiger partial charge >= 0.3 is 0 Å².